The molecule has 1 heterocycles. The molecular weight excluding hydrogens is 252 g/mol. The first-order valence-electron chi connectivity index (χ1n) is 5.95. The molecule has 18 heavy (non-hydrogen) atoms. The number of nitrogens with zero attached hydrogens (tertiary/aromatic N) is 2. The quantitative estimate of drug-likeness (QED) is 0.579. The smallest absolute Gasteiger partial charge is 0.313 e. The van der Waals surface area contributed by atoms with Crippen LogP contribution in [-0.2, 0) is 16.1 Å². The molecular formula is C12H20N2O3S. The van der Waals surface area contributed by atoms with E-state index in [0.717, 1.165) is 17.5 Å². The number of thioether (sulfide) groups is 1. The third-order valence-electron chi connectivity index (χ3n) is 2.25. The van der Waals surface area contributed by atoms with Crippen LogP contribution >= 0.6 is 11.8 Å². The van der Waals surface area contributed by atoms with Crippen LogP contribution in [0.3, 0.4) is 0 Å². The molecule has 0 amide bonds. The van der Waals surface area contributed by atoms with Crippen LogP contribution in [0.2, 0.25) is 0 Å². The lowest BCUT2D eigenvalue weighted by Crippen LogP contribution is -2.11. The molecule has 102 valence electrons. The van der Waals surface area contributed by atoms with E-state index in [4.69, 9.17) is 9.84 Å². The van der Waals surface area contributed by atoms with Crippen molar-refractivity contribution in [2.24, 2.45) is 5.92 Å². The Bertz CT molecular complexity index is 391. The molecule has 0 aliphatic rings. The Hall–Kier alpha value is -1.01. The van der Waals surface area contributed by atoms with E-state index in [9.17, 15) is 4.79 Å². The molecule has 0 saturated heterocycles. The Balaban J connectivity index is 2.47. The maximum absolute atomic E-state index is 10.5. The summed E-state index contributed by atoms with van der Waals surface area (Å²) in [5.41, 5.74) is 1.02. The van der Waals surface area contributed by atoms with Crippen molar-refractivity contribution in [2.75, 3.05) is 19.0 Å². The van der Waals surface area contributed by atoms with E-state index in [0.29, 0.717) is 19.1 Å². The highest BCUT2D eigenvalue weighted by Crippen LogP contribution is 2.17. The van der Waals surface area contributed by atoms with Gasteiger partial charge < -0.3 is 14.4 Å². The average molecular weight is 272 g/mol. The van der Waals surface area contributed by atoms with E-state index in [-0.39, 0.29) is 5.75 Å². The second kappa shape index (κ2) is 7.43. The van der Waals surface area contributed by atoms with Crippen molar-refractivity contribution in [1.82, 2.24) is 9.55 Å². The van der Waals surface area contributed by atoms with Gasteiger partial charge in [0.25, 0.3) is 0 Å². The van der Waals surface area contributed by atoms with Gasteiger partial charge in [0, 0.05) is 25.0 Å². The summed E-state index contributed by atoms with van der Waals surface area (Å²) in [5, 5.41) is 9.40. The Labute approximate surface area is 112 Å². The van der Waals surface area contributed by atoms with Crippen molar-refractivity contribution in [3.63, 3.8) is 0 Å². The molecule has 0 radical (unpaired) electrons. The number of hydrogen-bond donors (Lipinski definition) is 1. The Morgan fingerprint density at radius 1 is 1.61 bits per heavy atom. The van der Waals surface area contributed by atoms with Crippen molar-refractivity contribution < 1.29 is 14.6 Å². The normalized spacial score (nSPS) is 11.1. The molecule has 0 unspecified atom stereocenters. The van der Waals surface area contributed by atoms with Gasteiger partial charge in [-0.15, -0.1) is 0 Å². The van der Waals surface area contributed by atoms with Gasteiger partial charge in [0.2, 0.25) is 0 Å². The number of ether oxygens (including phenoxy) is 1. The van der Waals surface area contributed by atoms with Gasteiger partial charge in [0.1, 0.15) is 0 Å². The molecule has 0 atom stereocenters. The predicted molar refractivity (Wildman–Crippen MR) is 71.0 cm³/mol. The number of rotatable bonds is 8. The topological polar surface area (TPSA) is 64.3 Å². The second-order valence-electron chi connectivity index (χ2n) is 4.48. The average Bonchev–Trinajstić information content (AvgIpc) is 2.63. The Kier molecular flexibility index (Phi) is 6.21. The predicted octanol–water partition coefficient (Wildman–Crippen LogP) is 2.04. The lowest BCUT2D eigenvalue weighted by Gasteiger charge is -2.10. The van der Waals surface area contributed by atoms with Crippen LogP contribution in [0.5, 0.6) is 0 Å². The van der Waals surface area contributed by atoms with Crippen LogP contribution in [0, 0.1) is 12.8 Å². The number of carbonyl (C=O) groups is 1. The minimum absolute atomic E-state index is 0.0311. The molecule has 1 rings (SSSR count). The molecule has 0 aliphatic heterocycles. The van der Waals surface area contributed by atoms with Gasteiger partial charge in [-0.2, -0.15) is 0 Å². The minimum atomic E-state index is -0.830. The van der Waals surface area contributed by atoms with Gasteiger partial charge in [-0.05, 0) is 12.8 Å². The van der Waals surface area contributed by atoms with E-state index in [2.05, 4.69) is 18.8 Å². The van der Waals surface area contributed by atoms with Crippen molar-refractivity contribution in [3.05, 3.63) is 11.9 Å². The van der Waals surface area contributed by atoms with E-state index < -0.39 is 5.97 Å². The highest BCUT2D eigenvalue weighted by atomic mass is 32.2. The summed E-state index contributed by atoms with van der Waals surface area (Å²) >= 11 is 1.24. The van der Waals surface area contributed by atoms with Crippen molar-refractivity contribution in [2.45, 2.75) is 32.5 Å². The van der Waals surface area contributed by atoms with E-state index in [1.807, 2.05) is 11.5 Å². The zero-order chi connectivity index (χ0) is 13.5. The first kappa shape index (κ1) is 15.0. The fourth-order valence-electron chi connectivity index (χ4n) is 1.43. The molecule has 0 saturated carbocycles. The third kappa shape index (κ3) is 5.10. The van der Waals surface area contributed by atoms with Crippen LogP contribution in [0.4, 0.5) is 0 Å². The number of aromatic nitrogens is 2. The van der Waals surface area contributed by atoms with Crippen LogP contribution in [0.15, 0.2) is 11.4 Å². The van der Waals surface area contributed by atoms with Crippen molar-refractivity contribution in [1.29, 1.82) is 0 Å². The molecule has 6 heteroatoms. The summed E-state index contributed by atoms with van der Waals surface area (Å²) < 4.78 is 7.52. The van der Waals surface area contributed by atoms with Gasteiger partial charge in [-0.25, -0.2) is 4.98 Å². The minimum Gasteiger partial charge on any atom is -0.481 e. The highest BCUT2D eigenvalue weighted by molar-refractivity contribution is 7.99. The lowest BCUT2D eigenvalue weighted by atomic mass is 10.2. The zero-order valence-electron chi connectivity index (χ0n) is 11.0. The molecule has 1 aromatic rings. The molecule has 5 nitrogen and oxygen atoms in total. The van der Waals surface area contributed by atoms with E-state index in [1.165, 1.54) is 11.8 Å². The summed E-state index contributed by atoms with van der Waals surface area (Å²) in [5.74, 6) is -0.276. The fraction of sp³-hybridized carbons (Fsp3) is 0.667. The Morgan fingerprint density at radius 3 is 2.94 bits per heavy atom. The summed E-state index contributed by atoms with van der Waals surface area (Å²) in [4.78, 5) is 14.8. The molecule has 0 bridgehead atoms. The van der Waals surface area contributed by atoms with Gasteiger partial charge in [-0.1, -0.05) is 25.6 Å². The Morgan fingerprint density at radius 2 is 2.33 bits per heavy atom. The lowest BCUT2D eigenvalue weighted by molar-refractivity contribution is -0.133. The second-order valence-corrected chi connectivity index (χ2v) is 5.43. The number of aliphatic carboxylic acids is 1. The fourth-order valence-corrected chi connectivity index (χ4v) is 2.20. The van der Waals surface area contributed by atoms with E-state index >= 15 is 0 Å². The molecule has 1 N–H and O–H groups in total. The van der Waals surface area contributed by atoms with Crippen LogP contribution in [0.25, 0.3) is 0 Å². The molecule has 1 aromatic heterocycles. The summed E-state index contributed by atoms with van der Waals surface area (Å²) in [7, 11) is 0. The molecule has 0 fully saturated rings. The number of imidazole rings is 1. The first-order valence-corrected chi connectivity index (χ1v) is 6.93. The zero-order valence-corrected chi connectivity index (χ0v) is 11.9. The van der Waals surface area contributed by atoms with Gasteiger partial charge >= 0.3 is 5.97 Å². The van der Waals surface area contributed by atoms with Crippen LogP contribution in [-0.4, -0.2) is 39.6 Å². The van der Waals surface area contributed by atoms with Gasteiger partial charge in [0.15, 0.2) is 5.16 Å². The monoisotopic (exact) mass is 272 g/mol. The standard InChI is InChI=1S/C12H20N2O3S/c1-9(2)7-17-5-4-14-10(3)6-13-12(14)18-8-11(15)16/h6,9H,4-5,7-8H2,1-3H3,(H,15,16). The summed E-state index contributed by atoms with van der Waals surface area (Å²) in [6.45, 7) is 8.25. The maximum Gasteiger partial charge on any atom is 0.313 e. The summed E-state index contributed by atoms with van der Waals surface area (Å²) in [6.07, 6.45) is 1.76. The molecule has 0 aromatic carbocycles. The number of carboxylic acid groups (broad SMARTS) is 1. The number of hydrogen-bond acceptors (Lipinski definition) is 4. The number of aryl methyl sites for hydroxylation is 1. The van der Waals surface area contributed by atoms with Crippen molar-refractivity contribution in [3.8, 4) is 0 Å². The molecule has 0 spiro atoms. The highest BCUT2D eigenvalue weighted by Gasteiger charge is 2.09. The van der Waals surface area contributed by atoms with E-state index in [1.54, 1.807) is 6.20 Å². The third-order valence-corrected chi connectivity index (χ3v) is 3.23. The van der Waals surface area contributed by atoms with Crippen LogP contribution < -0.4 is 0 Å². The molecule has 0 aliphatic carbocycles. The van der Waals surface area contributed by atoms with Crippen LogP contribution in [0.1, 0.15) is 19.5 Å². The first-order chi connectivity index (χ1) is 8.50. The van der Waals surface area contributed by atoms with Gasteiger partial charge in [0.05, 0.1) is 12.4 Å². The number of carboxylic acids is 1. The van der Waals surface area contributed by atoms with Crippen molar-refractivity contribution >= 4 is 17.7 Å². The SMILES string of the molecule is Cc1cnc(SCC(=O)O)n1CCOCC(C)C. The maximum atomic E-state index is 10.5. The summed E-state index contributed by atoms with van der Waals surface area (Å²) in [6, 6.07) is 0. The largest absolute Gasteiger partial charge is 0.481 e. The van der Waals surface area contributed by atoms with Gasteiger partial charge in [-0.3, -0.25) is 4.79 Å².